The standard InChI is InChI=1S/C17H34N2/c1-5-17(3,4)14-7-9-15(10-8-14)19(6-2)16-11-12-18-13-16/h14-16,18H,5-13H2,1-4H3. The van der Waals surface area contributed by atoms with Gasteiger partial charge in [0.05, 0.1) is 0 Å². The summed E-state index contributed by atoms with van der Waals surface area (Å²) in [7, 11) is 0. The molecule has 1 heterocycles. The highest BCUT2D eigenvalue weighted by atomic mass is 15.2. The Kier molecular flexibility index (Phi) is 5.30. The summed E-state index contributed by atoms with van der Waals surface area (Å²) in [5.41, 5.74) is 0.553. The topological polar surface area (TPSA) is 15.3 Å². The Morgan fingerprint density at radius 3 is 2.16 bits per heavy atom. The second kappa shape index (κ2) is 6.58. The molecule has 112 valence electrons. The van der Waals surface area contributed by atoms with Crippen LogP contribution in [0.15, 0.2) is 0 Å². The monoisotopic (exact) mass is 266 g/mol. The molecule has 2 aliphatic rings. The minimum atomic E-state index is 0.553. The van der Waals surface area contributed by atoms with Gasteiger partial charge in [-0.15, -0.1) is 0 Å². The van der Waals surface area contributed by atoms with Crippen LogP contribution in [0.1, 0.15) is 66.2 Å². The van der Waals surface area contributed by atoms with Crippen LogP contribution in [-0.4, -0.2) is 36.6 Å². The van der Waals surface area contributed by atoms with E-state index in [4.69, 9.17) is 0 Å². The van der Waals surface area contributed by atoms with E-state index < -0.39 is 0 Å². The summed E-state index contributed by atoms with van der Waals surface area (Å²) in [5, 5.41) is 3.53. The summed E-state index contributed by atoms with van der Waals surface area (Å²) in [4.78, 5) is 2.80. The summed E-state index contributed by atoms with van der Waals surface area (Å²) in [6.45, 7) is 13.3. The SMILES string of the molecule is CCN(C1CCC(C(C)(C)CC)CC1)C1CCNC1. The smallest absolute Gasteiger partial charge is 0.0235 e. The first-order valence-electron chi connectivity index (χ1n) is 8.55. The Morgan fingerprint density at radius 2 is 1.68 bits per heavy atom. The van der Waals surface area contributed by atoms with Gasteiger partial charge in [-0.2, -0.15) is 0 Å². The third-order valence-corrected chi connectivity index (χ3v) is 6.05. The molecule has 0 bridgehead atoms. The fourth-order valence-corrected chi connectivity index (χ4v) is 4.21. The number of rotatable bonds is 5. The summed E-state index contributed by atoms with van der Waals surface area (Å²) in [6, 6.07) is 1.67. The zero-order valence-corrected chi connectivity index (χ0v) is 13.5. The average Bonchev–Trinajstić information content (AvgIpc) is 2.94. The molecule has 1 saturated carbocycles. The Labute approximate surface area is 120 Å². The van der Waals surface area contributed by atoms with Gasteiger partial charge in [-0.05, 0) is 56.5 Å². The fourth-order valence-electron chi connectivity index (χ4n) is 4.21. The highest BCUT2D eigenvalue weighted by Crippen LogP contribution is 2.41. The minimum absolute atomic E-state index is 0.553. The van der Waals surface area contributed by atoms with Crippen LogP contribution in [0.25, 0.3) is 0 Å². The van der Waals surface area contributed by atoms with Gasteiger partial charge in [-0.3, -0.25) is 4.90 Å². The van der Waals surface area contributed by atoms with Crippen molar-refractivity contribution in [3.63, 3.8) is 0 Å². The van der Waals surface area contributed by atoms with Crippen LogP contribution in [0.3, 0.4) is 0 Å². The van der Waals surface area contributed by atoms with Crippen molar-refractivity contribution >= 4 is 0 Å². The van der Waals surface area contributed by atoms with Crippen molar-refractivity contribution in [2.75, 3.05) is 19.6 Å². The molecule has 0 spiro atoms. The highest BCUT2D eigenvalue weighted by Gasteiger charge is 2.35. The van der Waals surface area contributed by atoms with Crippen LogP contribution in [0, 0.1) is 11.3 Å². The van der Waals surface area contributed by atoms with Gasteiger partial charge in [0.2, 0.25) is 0 Å². The molecular weight excluding hydrogens is 232 g/mol. The van der Waals surface area contributed by atoms with Crippen molar-refractivity contribution in [1.82, 2.24) is 10.2 Å². The molecule has 0 amide bonds. The van der Waals surface area contributed by atoms with E-state index in [0.717, 1.165) is 18.0 Å². The molecule has 0 aromatic carbocycles. The Morgan fingerprint density at radius 1 is 1.00 bits per heavy atom. The van der Waals surface area contributed by atoms with E-state index in [1.807, 2.05) is 0 Å². The van der Waals surface area contributed by atoms with Gasteiger partial charge in [0, 0.05) is 18.6 Å². The van der Waals surface area contributed by atoms with Crippen molar-refractivity contribution < 1.29 is 0 Å². The van der Waals surface area contributed by atoms with Crippen LogP contribution in [0.4, 0.5) is 0 Å². The molecule has 1 N–H and O–H groups in total. The molecule has 2 rings (SSSR count). The summed E-state index contributed by atoms with van der Waals surface area (Å²) in [6.07, 6.45) is 8.43. The van der Waals surface area contributed by atoms with Gasteiger partial charge >= 0.3 is 0 Å². The average molecular weight is 266 g/mol. The van der Waals surface area contributed by atoms with Crippen molar-refractivity contribution in [2.45, 2.75) is 78.3 Å². The molecule has 1 saturated heterocycles. The molecule has 1 aliphatic heterocycles. The van der Waals surface area contributed by atoms with Crippen molar-refractivity contribution in [1.29, 1.82) is 0 Å². The Balaban J connectivity index is 1.87. The summed E-state index contributed by atoms with van der Waals surface area (Å²) >= 11 is 0. The highest BCUT2D eigenvalue weighted by molar-refractivity contribution is 4.90. The van der Waals surface area contributed by atoms with Crippen molar-refractivity contribution in [3.05, 3.63) is 0 Å². The van der Waals surface area contributed by atoms with Crippen molar-refractivity contribution in [2.24, 2.45) is 11.3 Å². The quantitative estimate of drug-likeness (QED) is 0.817. The van der Waals surface area contributed by atoms with Gasteiger partial charge in [0.1, 0.15) is 0 Å². The predicted octanol–water partition coefficient (Wildman–Crippen LogP) is 3.67. The number of hydrogen-bond acceptors (Lipinski definition) is 2. The maximum absolute atomic E-state index is 3.53. The van der Waals surface area contributed by atoms with Gasteiger partial charge in [0.15, 0.2) is 0 Å². The summed E-state index contributed by atoms with van der Waals surface area (Å²) in [5.74, 6) is 0.953. The van der Waals surface area contributed by atoms with Gasteiger partial charge < -0.3 is 5.32 Å². The maximum Gasteiger partial charge on any atom is 0.0235 e. The molecule has 0 radical (unpaired) electrons. The lowest BCUT2D eigenvalue weighted by Crippen LogP contribution is -2.46. The number of nitrogens with one attached hydrogen (secondary N) is 1. The van der Waals surface area contributed by atoms with Crippen LogP contribution >= 0.6 is 0 Å². The minimum Gasteiger partial charge on any atom is -0.315 e. The number of hydrogen-bond donors (Lipinski definition) is 1. The Bertz CT molecular complexity index is 260. The van der Waals surface area contributed by atoms with E-state index in [1.54, 1.807) is 0 Å². The zero-order chi connectivity index (χ0) is 13.9. The van der Waals surface area contributed by atoms with Crippen LogP contribution in [0.5, 0.6) is 0 Å². The lowest BCUT2D eigenvalue weighted by molar-refractivity contribution is 0.0676. The van der Waals surface area contributed by atoms with Crippen molar-refractivity contribution in [3.8, 4) is 0 Å². The predicted molar refractivity (Wildman–Crippen MR) is 83.5 cm³/mol. The molecule has 2 fully saturated rings. The lowest BCUT2D eigenvalue weighted by Gasteiger charge is -2.43. The van der Waals surface area contributed by atoms with Crippen LogP contribution in [-0.2, 0) is 0 Å². The van der Waals surface area contributed by atoms with Crippen LogP contribution < -0.4 is 5.32 Å². The van der Waals surface area contributed by atoms with E-state index in [0.29, 0.717) is 5.41 Å². The molecule has 2 heteroatoms. The maximum atomic E-state index is 3.53. The summed E-state index contributed by atoms with van der Waals surface area (Å²) < 4.78 is 0. The van der Waals surface area contributed by atoms with Gasteiger partial charge in [0.25, 0.3) is 0 Å². The third kappa shape index (κ3) is 3.52. The van der Waals surface area contributed by atoms with Gasteiger partial charge in [-0.25, -0.2) is 0 Å². The Hall–Kier alpha value is -0.0800. The molecule has 2 nitrogen and oxygen atoms in total. The first-order chi connectivity index (χ1) is 9.08. The number of nitrogens with zero attached hydrogens (tertiary/aromatic N) is 1. The molecule has 1 aliphatic carbocycles. The first-order valence-corrected chi connectivity index (χ1v) is 8.55. The molecule has 1 unspecified atom stereocenters. The normalized spacial score (nSPS) is 33.0. The molecule has 1 atom stereocenters. The van der Waals surface area contributed by atoms with E-state index in [-0.39, 0.29) is 0 Å². The largest absolute Gasteiger partial charge is 0.315 e. The molecule has 19 heavy (non-hydrogen) atoms. The van der Waals surface area contributed by atoms with E-state index in [9.17, 15) is 0 Å². The lowest BCUT2D eigenvalue weighted by atomic mass is 9.68. The molecule has 0 aromatic heterocycles. The van der Waals surface area contributed by atoms with E-state index in [2.05, 4.69) is 37.9 Å². The molecular formula is C17H34N2. The number of likely N-dealkylation sites (N-methyl/N-ethyl adjacent to an activating group) is 1. The third-order valence-electron chi connectivity index (χ3n) is 6.05. The second-order valence-electron chi connectivity index (χ2n) is 7.32. The second-order valence-corrected chi connectivity index (χ2v) is 7.32. The van der Waals surface area contributed by atoms with E-state index >= 15 is 0 Å². The van der Waals surface area contributed by atoms with E-state index in [1.165, 1.54) is 58.2 Å². The first kappa shape index (κ1) is 15.3. The van der Waals surface area contributed by atoms with Crippen LogP contribution in [0.2, 0.25) is 0 Å². The molecule has 0 aromatic rings. The fraction of sp³-hybridized carbons (Fsp3) is 1.00. The zero-order valence-electron chi connectivity index (χ0n) is 13.5. The van der Waals surface area contributed by atoms with Gasteiger partial charge in [-0.1, -0.05) is 34.1 Å².